The van der Waals surface area contributed by atoms with Gasteiger partial charge in [0.25, 0.3) is 0 Å². The molecule has 0 unspecified atom stereocenters. The summed E-state index contributed by atoms with van der Waals surface area (Å²) in [5, 5.41) is 10.5. The highest BCUT2D eigenvalue weighted by Crippen LogP contribution is 2.36. The van der Waals surface area contributed by atoms with Crippen LogP contribution >= 0.6 is 0 Å². The lowest BCUT2D eigenvalue weighted by Crippen LogP contribution is -2.64. The molecule has 2 saturated heterocycles. The smallest absolute Gasteiger partial charge is 0.208 e. The number of aromatic amines is 1. The van der Waals surface area contributed by atoms with Gasteiger partial charge in [0.15, 0.2) is 17.5 Å². The predicted octanol–water partition coefficient (Wildman–Crippen LogP) is 2.82. The summed E-state index contributed by atoms with van der Waals surface area (Å²) in [4.78, 5) is 13.4. The van der Waals surface area contributed by atoms with Crippen molar-refractivity contribution in [2.45, 2.75) is 51.0 Å². The first-order valence-electron chi connectivity index (χ1n) is 11.0. The molecule has 0 bridgehead atoms. The molecular weight excluding hydrogens is 385 g/mol. The first-order valence-corrected chi connectivity index (χ1v) is 11.0. The summed E-state index contributed by atoms with van der Waals surface area (Å²) in [7, 11) is 0. The second kappa shape index (κ2) is 7.77. The largest absolute Gasteiger partial charge is 0.377 e. The molecular formula is C21H30FN7O. The van der Waals surface area contributed by atoms with E-state index in [1.54, 1.807) is 0 Å². The van der Waals surface area contributed by atoms with Gasteiger partial charge in [-0.15, -0.1) is 0 Å². The van der Waals surface area contributed by atoms with Crippen LogP contribution in [0.15, 0.2) is 6.07 Å². The first-order chi connectivity index (χ1) is 14.6. The topological polar surface area (TPSA) is 82.2 Å². The molecule has 1 aliphatic carbocycles. The third kappa shape index (κ3) is 3.54. The predicted molar refractivity (Wildman–Crippen MR) is 113 cm³/mol. The van der Waals surface area contributed by atoms with Crippen LogP contribution in [0.5, 0.6) is 0 Å². The van der Waals surface area contributed by atoms with Crippen LogP contribution in [0.4, 0.5) is 21.8 Å². The van der Waals surface area contributed by atoms with Crippen molar-refractivity contribution in [3.63, 3.8) is 0 Å². The van der Waals surface area contributed by atoms with Crippen LogP contribution in [0.2, 0.25) is 0 Å². The van der Waals surface area contributed by atoms with Crippen molar-refractivity contribution in [3.05, 3.63) is 23.4 Å². The summed E-state index contributed by atoms with van der Waals surface area (Å²) >= 11 is 0. The van der Waals surface area contributed by atoms with E-state index in [0.29, 0.717) is 29.8 Å². The summed E-state index contributed by atoms with van der Waals surface area (Å²) in [6.07, 6.45) is 4.27. The number of aromatic nitrogens is 4. The number of aryl methyl sites for hydroxylation is 1. The van der Waals surface area contributed by atoms with Crippen LogP contribution in [-0.4, -0.2) is 70.0 Å². The van der Waals surface area contributed by atoms with Crippen LogP contribution < -0.4 is 10.2 Å². The van der Waals surface area contributed by atoms with Crippen LogP contribution in [0, 0.1) is 5.82 Å². The number of rotatable bonds is 6. The zero-order chi connectivity index (χ0) is 20.7. The summed E-state index contributed by atoms with van der Waals surface area (Å²) in [5.41, 5.74) is 1.23. The molecule has 2 aliphatic heterocycles. The molecule has 2 aromatic heterocycles. The Labute approximate surface area is 176 Å². The van der Waals surface area contributed by atoms with Gasteiger partial charge in [0.05, 0.1) is 18.8 Å². The Morgan fingerprint density at radius 1 is 1.23 bits per heavy atom. The molecule has 0 radical (unpaired) electrons. The lowest BCUT2D eigenvalue weighted by molar-refractivity contribution is -0.131. The second-order valence-corrected chi connectivity index (χ2v) is 8.90. The van der Waals surface area contributed by atoms with Crippen LogP contribution in [-0.2, 0) is 11.2 Å². The molecule has 9 heteroatoms. The van der Waals surface area contributed by atoms with E-state index in [4.69, 9.17) is 4.74 Å². The van der Waals surface area contributed by atoms with Gasteiger partial charge < -0.3 is 15.0 Å². The zero-order valence-electron chi connectivity index (χ0n) is 17.7. The van der Waals surface area contributed by atoms with Gasteiger partial charge in [-0.3, -0.25) is 10.00 Å². The number of H-pyrrole nitrogens is 1. The van der Waals surface area contributed by atoms with E-state index in [1.165, 1.54) is 19.3 Å². The Morgan fingerprint density at radius 2 is 2.00 bits per heavy atom. The molecule has 0 aromatic carbocycles. The van der Waals surface area contributed by atoms with Gasteiger partial charge in [0.1, 0.15) is 5.82 Å². The van der Waals surface area contributed by atoms with Gasteiger partial charge in [0.2, 0.25) is 5.82 Å². The molecule has 2 N–H and O–H groups in total. The van der Waals surface area contributed by atoms with Crippen molar-refractivity contribution in [1.29, 1.82) is 0 Å². The highest BCUT2D eigenvalue weighted by atomic mass is 19.1. The standard InChI is InChI=1S/C21H30FN7O/c1-3-16-23-19(24-17-11-15(26-27-17)14-5-4-6-14)18(22)20(25-16)28-7-9-29(10-8-28)21(2)12-30-13-21/h11,14H,3-10,12-13H2,1-2H3,(H2,23,24,25,26,27). The van der Waals surface area contributed by atoms with E-state index >= 15 is 4.39 Å². The summed E-state index contributed by atoms with van der Waals surface area (Å²) in [6, 6.07) is 1.97. The Kier molecular flexibility index (Phi) is 5.10. The highest BCUT2D eigenvalue weighted by molar-refractivity contribution is 5.59. The fraction of sp³-hybridized carbons (Fsp3) is 0.667. The lowest BCUT2D eigenvalue weighted by atomic mass is 9.83. The molecule has 8 nitrogen and oxygen atoms in total. The fourth-order valence-corrected chi connectivity index (χ4v) is 4.42. The second-order valence-electron chi connectivity index (χ2n) is 8.90. The number of hydrogen-bond donors (Lipinski definition) is 2. The summed E-state index contributed by atoms with van der Waals surface area (Å²) < 4.78 is 20.8. The van der Waals surface area contributed by atoms with Crippen LogP contribution in [0.3, 0.4) is 0 Å². The number of piperazine rings is 1. The highest BCUT2D eigenvalue weighted by Gasteiger charge is 2.41. The number of anilines is 3. The van der Waals surface area contributed by atoms with Crippen molar-refractivity contribution >= 4 is 17.5 Å². The molecule has 0 spiro atoms. The number of halogens is 1. The van der Waals surface area contributed by atoms with Crippen molar-refractivity contribution in [2.24, 2.45) is 0 Å². The monoisotopic (exact) mass is 415 g/mol. The van der Waals surface area contributed by atoms with Gasteiger partial charge in [-0.25, -0.2) is 9.97 Å². The van der Waals surface area contributed by atoms with Gasteiger partial charge in [-0.2, -0.15) is 9.49 Å². The Balaban J connectivity index is 1.33. The maximum atomic E-state index is 15.4. The van der Waals surface area contributed by atoms with Crippen molar-refractivity contribution < 1.29 is 9.13 Å². The van der Waals surface area contributed by atoms with Crippen molar-refractivity contribution in [1.82, 2.24) is 25.1 Å². The average molecular weight is 416 g/mol. The first kappa shape index (κ1) is 19.7. The number of nitrogens with one attached hydrogen (secondary N) is 2. The molecule has 3 aliphatic rings. The summed E-state index contributed by atoms with van der Waals surface area (Å²) in [6.45, 7) is 8.98. The Bertz CT molecular complexity index is 901. The summed E-state index contributed by atoms with van der Waals surface area (Å²) in [5.74, 6) is 1.95. The molecule has 30 heavy (non-hydrogen) atoms. The number of hydrogen-bond acceptors (Lipinski definition) is 7. The van der Waals surface area contributed by atoms with E-state index in [0.717, 1.165) is 45.1 Å². The molecule has 3 fully saturated rings. The maximum absolute atomic E-state index is 15.4. The normalized spacial score (nSPS) is 21.9. The third-order valence-corrected chi connectivity index (χ3v) is 6.75. The van der Waals surface area contributed by atoms with Gasteiger partial charge in [-0.05, 0) is 19.8 Å². The molecule has 0 amide bonds. The molecule has 2 aromatic rings. The van der Waals surface area contributed by atoms with Gasteiger partial charge >= 0.3 is 0 Å². The Hall–Kier alpha value is -2.26. The van der Waals surface area contributed by atoms with Crippen molar-refractivity contribution in [2.75, 3.05) is 49.6 Å². The van der Waals surface area contributed by atoms with E-state index < -0.39 is 5.82 Å². The van der Waals surface area contributed by atoms with E-state index in [2.05, 4.69) is 37.3 Å². The molecule has 5 rings (SSSR count). The average Bonchev–Trinajstić information content (AvgIpc) is 3.14. The maximum Gasteiger partial charge on any atom is 0.208 e. The number of ether oxygens (including phenoxy) is 1. The third-order valence-electron chi connectivity index (χ3n) is 6.75. The quantitative estimate of drug-likeness (QED) is 0.751. The van der Waals surface area contributed by atoms with Crippen LogP contribution in [0.1, 0.15) is 50.5 Å². The van der Waals surface area contributed by atoms with Crippen molar-refractivity contribution in [3.8, 4) is 0 Å². The SMILES string of the molecule is CCc1nc(Nc2cc(C3CCC3)[nH]n2)c(F)c(N2CCN(C3(C)COC3)CC2)n1. The fourth-order valence-electron chi connectivity index (χ4n) is 4.42. The minimum Gasteiger partial charge on any atom is -0.377 e. The van der Waals surface area contributed by atoms with E-state index in [9.17, 15) is 0 Å². The molecule has 0 atom stereocenters. The molecule has 1 saturated carbocycles. The van der Waals surface area contributed by atoms with Gasteiger partial charge in [-0.1, -0.05) is 13.3 Å². The van der Waals surface area contributed by atoms with Crippen LogP contribution in [0.25, 0.3) is 0 Å². The minimum atomic E-state index is -0.410. The lowest BCUT2D eigenvalue weighted by Gasteiger charge is -2.50. The zero-order valence-corrected chi connectivity index (χ0v) is 17.7. The molecule has 162 valence electrons. The molecule has 4 heterocycles. The van der Waals surface area contributed by atoms with Gasteiger partial charge in [0, 0.05) is 50.3 Å². The van der Waals surface area contributed by atoms with E-state index in [-0.39, 0.29) is 11.4 Å². The van der Waals surface area contributed by atoms with E-state index in [1.807, 2.05) is 17.9 Å². The number of nitrogens with zero attached hydrogens (tertiary/aromatic N) is 5. The Morgan fingerprint density at radius 3 is 2.60 bits per heavy atom. The minimum absolute atomic E-state index is 0.121.